The highest BCUT2D eigenvalue weighted by Crippen LogP contribution is 2.24. The van der Waals surface area contributed by atoms with E-state index < -0.39 is 0 Å². The minimum Gasteiger partial charge on any atom is -0.312 e. The molecule has 0 aliphatic heterocycles. The van der Waals surface area contributed by atoms with Crippen LogP contribution in [0.2, 0.25) is 0 Å². The van der Waals surface area contributed by atoms with Crippen LogP contribution < -0.4 is 5.32 Å². The summed E-state index contributed by atoms with van der Waals surface area (Å²) in [5.74, 6) is 0.797. The van der Waals surface area contributed by atoms with Crippen LogP contribution >= 0.6 is 0 Å². The van der Waals surface area contributed by atoms with Crippen LogP contribution in [0.3, 0.4) is 0 Å². The van der Waals surface area contributed by atoms with Crippen molar-refractivity contribution in [1.29, 1.82) is 0 Å². The molecule has 1 fully saturated rings. The maximum absolute atomic E-state index is 3.81. The molecule has 0 aromatic rings. The van der Waals surface area contributed by atoms with Crippen molar-refractivity contribution in [3.05, 3.63) is 0 Å². The summed E-state index contributed by atoms with van der Waals surface area (Å²) in [5.41, 5.74) is 0. The van der Waals surface area contributed by atoms with E-state index in [1.807, 2.05) is 0 Å². The smallest absolute Gasteiger partial charge is 0.0249 e. The van der Waals surface area contributed by atoms with Gasteiger partial charge in [-0.2, -0.15) is 0 Å². The molecule has 0 radical (unpaired) electrons. The van der Waals surface area contributed by atoms with Gasteiger partial charge in [-0.25, -0.2) is 0 Å². The summed E-state index contributed by atoms with van der Waals surface area (Å²) in [6, 6.07) is 2.15. The van der Waals surface area contributed by atoms with Crippen LogP contribution in [-0.4, -0.2) is 36.6 Å². The molecule has 0 bridgehead atoms. The zero-order chi connectivity index (χ0) is 14.3. The second kappa shape index (κ2) is 8.97. The van der Waals surface area contributed by atoms with Crippen molar-refractivity contribution in [3.63, 3.8) is 0 Å². The molecule has 2 nitrogen and oxygen atoms in total. The number of hydrogen-bond acceptors (Lipinski definition) is 2. The molecule has 1 aliphatic carbocycles. The molecule has 3 unspecified atom stereocenters. The molecule has 0 spiro atoms. The quantitative estimate of drug-likeness (QED) is 0.701. The van der Waals surface area contributed by atoms with Crippen molar-refractivity contribution in [2.75, 3.05) is 13.6 Å². The van der Waals surface area contributed by atoms with Crippen molar-refractivity contribution >= 4 is 0 Å². The van der Waals surface area contributed by atoms with E-state index in [1.165, 1.54) is 51.5 Å². The summed E-state index contributed by atoms with van der Waals surface area (Å²) in [5, 5.41) is 3.81. The van der Waals surface area contributed by atoms with Crippen molar-refractivity contribution in [1.82, 2.24) is 10.2 Å². The average Bonchev–Trinajstić information content (AvgIpc) is 2.59. The minimum absolute atomic E-state index is 0.703. The van der Waals surface area contributed by atoms with E-state index in [9.17, 15) is 0 Å². The van der Waals surface area contributed by atoms with Crippen LogP contribution in [0.4, 0.5) is 0 Å². The normalized spacial score (nSPS) is 26.7. The van der Waals surface area contributed by atoms with E-state index >= 15 is 0 Å². The third-order valence-corrected chi connectivity index (χ3v) is 4.67. The second-order valence-electron chi connectivity index (χ2n) is 6.91. The summed E-state index contributed by atoms with van der Waals surface area (Å²) < 4.78 is 0. The van der Waals surface area contributed by atoms with E-state index in [-0.39, 0.29) is 0 Å². The van der Waals surface area contributed by atoms with Crippen LogP contribution in [0.5, 0.6) is 0 Å². The maximum Gasteiger partial charge on any atom is 0.0249 e. The highest BCUT2D eigenvalue weighted by Gasteiger charge is 2.28. The van der Waals surface area contributed by atoms with Crippen molar-refractivity contribution < 1.29 is 0 Å². The molecule has 0 amide bonds. The molecule has 0 saturated heterocycles. The predicted molar refractivity (Wildman–Crippen MR) is 85.6 cm³/mol. The SMILES string of the molecule is CCCNC1CCCCCC1N(C)C(C)CC(C)C. The number of likely N-dealkylation sites (N-methyl/N-ethyl adjacent to an activating group) is 1. The third-order valence-electron chi connectivity index (χ3n) is 4.67. The zero-order valence-electron chi connectivity index (χ0n) is 13.9. The lowest BCUT2D eigenvalue weighted by molar-refractivity contribution is 0.125. The fraction of sp³-hybridized carbons (Fsp3) is 1.00. The number of rotatable bonds is 7. The first-order valence-electron chi connectivity index (χ1n) is 8.51. The fourth-order valence-corrected chi connectivity index (χ4v) is 3.52. The van der Waals surface area contributed by atoms with Gasteiger partial charge in [-0.3, -0.25) is 4.90 Å². The Labute approximate surface area is 121 Å². The molecule has 114 valence electrons. The monoisotopic (exact) mass is 268 g/mol. The highest BCUT2D eigenvalue weighted by molar-refractivity contribution is 4.87. The van der Waals surface area contributed by atoms with Gasteiger partial charge in [0.15, 0.2) is 0 Å². The Morgan fingerprint density at radius 1 is 1.11 bits per heavy atom. The molecule has 2 heteroatoms. The van der Waals surface area contributed by atoms with E-state index in [1.54, 1.807) is 0 Å². The van der Waals surface area contributed by atoms with Gasteiger partial charge in [0.2, 0.25) is 0 Å². The minimum atomic E-state index is 0.703. The molecular formula is C17H36N2. The highest BCUT2D eigenvalue weighted by atomic mass is 15.2. The summed E-state index contributed by atoms with van der Waals surface area (Å²) in [6.45, 7) is 10.5. The molecule has 1 N–H and O–H groups in total. The Bertz CT molecular complexity index is 227. The zero-order valence-corrected chi connectivity index (χ0v) is 13.9. The number of nitrogens with zero attached hydrogens (tertiary/aromatic N) is 1. The largest absolute Gasteiger partial charge is 0.312 e. The summed E-state index contributed by atoms with van der Waals surface area (Å²) in [7, 11) is 2.35. The lowest BCUT2D eigenvalue weighted by Crippen LogP contribution is -2.51. The third kappa shape index (κ3) is 5.83. The van der Waals surface area contributed by atoms with Crippen LogP contribution in [0.25, 0.3) is 0 Å². The van der Waals surface area contributed by atoms with E-state index in [4.69, 9.17) is 0 Å². The Hall–Kier alpha value is -0.0800. The Morgan fingerprint density at radius 3 is 2.42 bits per heavy atom. The van der Waals surface area contributed by atoms with Crippen LogP contribution in [0.15, 0.2) is 0 Å². The summed E-state index contributed by atoms with van der Waals surface area (Å²) in [6.07, 6.45) is 9.54. The van der Waals surface area contributed by atoms with E-state index in [2.05, 4.69) is 45.0 Å². The fourth-order valence-electron chi connectivity index (χ4n) is 3.52. The summed E-state index contributed by atoms with van der Waals surface area (Å²) >= 11 is 0. The lowest BCUT2D eigenvalue weighted by Gasteiger charge is -2.38. The molecule has 19 heavy (non-hydrogen) atoms. The van der Waals surface area contributed by atoms with Gasteiger partial charge in [0.1, 0.15) is 0 Å². The molecule has 1 saturated carbocycles. The van der Waals surface area contributed by atoms with E-state index in [0.29, 0.717) is 12.1 Å². The van der Waals surface area contributed by atoms with Gasteiger partial charge in [-0.05, 0) is 52.1 Å². The number of nitrogens with one attached hydrogen (secondary N) is 1. The molecule has 1 aliphatic rings. The topological polar surface area (TPSA) is 15.3 Å². The second-order valence-corrected chi connectivity index (χ2v) is 6.91. The lowest BCUT2D eigenvalue weighted by atomic mass is 9.97. The molecule has 3 atom stereocenters. The Kier molecular flexibility index (Phi) is 8.01. The van der Waals surface area contributed by atoms with Crippen LogP contribution in [0.1, 0.15) is 72.6 Å². The van der Waals surface area contributed by atoms with Crippen LogP contribution in [0, 0.1) is 5.92 Å². The van der Waals surface area contributed by atoms with Gasteiger partial charge in [-0.15, -0.1) is 0 Å². The first-order chi connectivity index (χ1) is 9.06. The molecule has 0 aromatic carbocycles. The van der Waals surface area contributed by atoms with Crippen molar-refractivity contribution in [2.45, 2.75) is 90.8 Å². The van der Waals surface area contributed by atoms with Crippen molar-refractivity contribution in [2.24, 2.45) is 5.92 Å². The Morgan fingerprint density at radius 2 is 1.79 bits per heavy atom. The molecule has 0 aromatic heterocycles. The van der Waals surface area contributed by atoms with Gasteiger partial charge in [0.25, 0.3) is 0 Å². The van der Waals surface area contributed by atoms with Gasteiger partial charge >= 0.3 is 0 Å². The van der Waals surface area contributed by atoms with Gasteiger partial charge in [-0.1, -0.05) is 40.0 Å². The maximum atomic E-state index is 3.81. The number of hydrogen-bond donors (Lipinski definition) is 1. The van der Waals surface area contributed by atoms with Gasteiger partial charge in [0, 0.05) is 18.1 Å². The first kappa shape index (κ1) is 17.0. The molecule has 1 rings (SSSR count). The van der Waals surface area contributed by atoms with Gasteiger partial charge < -0.3 is 5.32 Å². The average molecular weight is 268 g/mol. The predicted octanol–water partition coefficient (Wildman–Crippen LogP) is 4.05. The van der Waals surface area contributed by atoms with Crippen LogP contribution in [-0.2, 0) is 0 Å². The standard InChI is InChI=1S/C17H36N2/c1-6-12-18-16-10-8-7-9-11-17(16)19(5)15(4)13-14(2)3/h14-18H,6-13H2,1-5H3. The molecular weight excluding hydrogens is 232 g/mol. The van der Waals surface area contributed by atoms with E-state index in [0.717, 1.165) is 12.0 Å². The van der Waals surface area contributed by atoms with Crippen molar-refractivity contribution in [3.8, 4) is 0 Å². The Balaban J connectivity index is 2.61. The van der Waals surface area contributed by atoms with Gasteiger partial charge in [0.05, 0.1) is 0 Å². The summed E-state index contributed by atoms with van der Waals surface area (Å²) in [4.78, 5) is 2.67. The molecule has 0 heterocycles. The first-order valence-corrected chi connectivity index (χ1v) is 8.51.